The number of fused-ring (bicyclic) bond motifs is 2. The summed E-state index contributed by atoms with van der Waals surface area (Å²) in [4.78, 5) is 23.0. The Morgan fingerprint density at radius 1 is 0.586 bits per heavy atom. The van der Waals surface area contributed by atoms with Gasteiger partial charge in [0.15, 0.2) is 5.78 Å². The van der Waals surface area contributed by atoms with Crippen LogP contribution in [0.15, 0.2) is 94.1 Å². The second-order valence-corrected chi connectivity index (χ2v) is 8.49. The molecule has 2 heterocycles. The van der Waals surface area contributed by atoms with Gasteiger partial charge in [0, 0.05) is 11.1 Å². The molecule has 140 valence electrons. The van der Waals surface area contributed by atoms with Crippen molar-refractivity contribution in [1.29, 1.82) is 0 Å². The zero-order valence-electron chi connectivity index (χ0n) is 15.1. The second-order valence-electron chi connectivity index (χ2n) is 6.86. The highest BCUT2D eigenvalue weighted by Crippen LogP contribution is 2.49. The van der Waals surface area contributed by atoms with Gasteiger partial charge in [-0.15, -0.1) is 0 Å². The van der Waals surface area contributed by atoms with E-state index >= 15 is 0 Å². The molecule has 0 unspecified atom stereocenters. The lowest BCUT2D eigenvalue weighted by Gasteiger charge is -2.39. The van der Waals surface area contributed by atoms with E-state index in [4.69, 9.17) is 9.97 Å². The van der Waals surface area contributed by atoms with Crippen molar-refractivity contribution < 1.29 is 4.79 Å². The van der Waals surface area contributed by atoms with Crippen molar-refractivity contribution in [3.05, 3.63) is 128 Å². The lowest BCUT2D eigenvalue weighted by atomic mass is 9.62. The van der Waals surface area contributed by atoms with Gasteiger partial charge in [-0.2, -0.15) is 0 Å². The zero-order chi connectivity index (χ0) is 20.0. The summed E-state index contributed by atoms with van der Waals surface area (Å²) in [6.07, 6.45) is 0. The molecular weight excluding hydrogens is 492 g/mol. The molecule has 1 aliphatic rings. The molecule has 0 N–H and O–H groups in total. The molecule has 0 spiro atoms. The van der Waals surface area contributed by atoms with Gasteiger partial charge in [-0.3, -0.25) is 4.79 Å². The molecule has 3 nitrogen and oxygen atoms in total. The van der Waals surface area contributed by atoms with Crippen LogP contribution < -0.4 is 0 Å². The van der Waals surface area contributed by atoms with Crippen LogP contribution in [0.4, 0.5) is 0 Å². The Morgan fingerprint density at radius 2 is 1.03 bits per heavy atom. The number of rotatable bonds is 2. The molecule has 0 aliphatic heterocycles. The molecule has 5 heteroatoms. The molecule has 0 saturated carbocycles. The van der Waals surface area contributed by atoms with Crippen molar-refractivity contribution in [2.45, 2.75) is 5.41 Å². The average Bonchev–Trinajstić information content (AvgIpc) is 2.75. The minimum atomic E-state index is -0.811. The third kappa shape index (κ3) is 2.72. The Kier molecular flexibility index (Phi) is 4.45. The number of benzene rings is 2. The normalized spacial score (nSPS) is 14.2. The standard InChI is InChI=1S/C24H14Br2N2O/c25-21-13-5-11-19(27-21)24(20-12-6-14-22(26)28-20)17-9-3-1-7-15(17)23(29)16-8-2-4-10-18(16)24/h1-14H. The van der Waals surface area contributed by atoms with E-state index in [0.717, 1.165) is 31.7 Å². The van der Waals surface area contributed by atoms with Crippen LogP contribution in [-0.2, 0) is 5.41 Å². The Bertz CT molecular complexity index is 1170. The summed E-state index contributed by atoms with van der Waals surface area (Å²) in [6, 6.07) is 27.2. The first-order chi connectivity index (χ1) is 14.1. The summed E-state index contributed by atoms with van der Waals surface area (Å²) in [5, 5.41) is 0. The van der Waals surface area contributed by atoms with E-state index in [9.17, 15) is 4.79 Å². The molecule has 2 aromatic carbocycles. The smallest absolute Gasteiger partial charge is 0.193 e. The van der Waals surface area contributed by atoms with Crippen molar-refractivity contribution >= 4 is 37.6 Å². The quantitative estimate of drug-likeness (QED) is 0.279. The van der Waals surface area contributed by atoms with Crippen LogP contribution in [0.25, 0.3) is 0 Å². The fourth-order valence-corrected chi connectivity index (χ4v) is 4.91. The maximum atomic E-state index is 13.3. The Balaban J connectivity index is 2.01. The number of nitrogens with zero attached hydrogens (tertiary/aromatic N) is 2. The number of hydrogen-bond donors (Lipinski definition) is 0. The van der Waals surface area contributed by atoms with Crippen LogP contribution >= 0.6 is 31.9 Å². The topological polar surface area (TPSA) is 42.9 Å². The van der Waals surface area contributed by atoms with Crippen LogP contribution in [-0.4, -0.2) is 15.8 Å². The molecule has 5 rings (SSSR count). The number of halogens is 2. The number of aromatic nitrogens is 2. The average molecular weight is 506 g/mol. The molecule has 4 aromatic rings. The van der Waals surface area contributed by atoms with Crippen LogP contribution in [0.2, 0.25) is 0 Å². The van der Waals surface area contributed by atoms with Gasteiger partial charge in [0.25, 0.3) is 0 Å². The van der Waals surface area contributed by atoms with E-state index in [-0.39, 0.29) is 5.78 Å². The lowest BCUT2D eigenvalue weighted by molar-refractivity contribution is 0.103. The molecule has 0 saturated heterocycles. The summed E-state index contributed by atoms with van der Waals surface area (Å²) < 4.78 is 1.47. The van der Waals surface area contributed by atoms with Crippen LogP contribution in [0.5, 0.6) is 0 Å². The predicted molar refractivity (Wildman–Crippen MR) is 119 cm³/mol. The highest BCUT2D eigenvalue weighted by molar-refractivity contribution is 9.10. The third-order valence-corrected chi connectivity index (χ3v) is 6.23. The fraction of sp³-hybridized carbons (Fsp3) is 0.0417. The fourth-order valence-electron chi connectivity index (χ4n) is 4.22. The summed E-state index contributed by atoms with van der Waals surface area (Å²) in [6.45, 7) is 0. The van der Waals surface area contributed by atoms with Crippen molar-refractivity contribution in [1.82, 2.24) is 9.97 Å². The molecule has 29 heavy (non-hydrogen) atoms. The molecule has 0 fully saturated rings. The van der Waals surface area contributed by atoms with Gasteiger partial charge in [0.1, 0.15) is 14.6 Å². The van der Waals surface area contributed by atoms with Crippen molar-refractivity contribution in [3.8, 4) is 0 Å². The van der Waals surface area contributed by atoms with E-state index < -0.39 is 5.41 Å². The van der Waals surface area contributed by atoms with Crippen LogP contribution in [0, 0.1) is 0 Å². The monoisotopic (exact) mass is 504 g/mol. The number of pyridine rings is 2. The van der Waals surface area contributed by atoms with Crippen LogP contribution in [0.1, 0.15) is 38.4 Å². The SMILES string of the molecule is O=C1c2ccccc2C(c2cccc(Br)n2)(c2cccc(Br)n2)c2ccccc21. The van der Waals surface area contributed by atoms with Gasteiger partial charge in [-0.1, -0.05) is 60.7 Å². The Morgan fingerprint density at radius 3 is 1.48 bits per heavy atom. The van der Waals surface area contributed by atoms with E-state index in [1.54, 1.807) is 0 Å². The molecular formula is C24H14Br2N2O. The highest BCUT2D eigenvalue weighted by atomic mass is 79.9. The van der Waals surface area contributed by atoms with Gasteiger partial charge in [-0.05, 0) is 67.3 Å². The number of hydrogen-bond acceptors (Lipinski definition) is 3. The summed E-state index contributed by atoms with van der Waals surface area (Å²) in [7, 11) is 0. The predicted octanol–water partition coefficient (Wildman–Crippen LogP) is 5.93. The largest absolute Gasteiger partial charge is 0.289 e. The molecule has 0 atom stereocenters. The molecule has 0 amide bonds. The van der Waals surface area contributed by atoms with Gasteiger partial charge in [0.05, 0.1) is 11.4 Å². The zero-order valence-corrected chi connectivity index (χ0v) is 18.3. The number of ketones is 1. The van der Waals surface area contributed by atoms with Crippen LogP contribution in [0.3, 0.4) is 0 Å². The molecule has 1 aliphatic carbocycles. The maximum Gasteiger partial charge on any atom is 0.193 e. The summed E-state index contributed by atoms with van der Waals surface area (Å²) >= 11 is 7.05. The molecule has 0 bridgehead atoms. The first-order valence-corrected chi connectivity index (χ1v) is 10.7. The van der Waals surface area contributed by atoms with E-state index in [1.165, 1.54) is 0 Å². The minimum Gasteiger partial charge on any atom is -0.289 e. The Hall–Kier alpha value is -2.63. The van der Waals surface area contributed by atoms with Crippen molar-refractivity contribution in [2.24, 2.45) is 0 Å². The highest BCUT2D eigenvalue weighted by Gasteiger charge is 2.48. The van der Waals surface area contributed by atoms with Gasteiger partial charge >= 0.3 is 0 Å². The van der Waals surface area contributed by atoms with Gasteiger partial charge in [-0.25, -0.2) is 9.97 Å². The first kappa shape index (κ1) is 18.4. The van der Waals surface area contributed by atoms with Crippen molar-refractivity contribution in [3.63, 3.8) is 0 Å². The summed E-state index contributed by atoms with van der Waals surface area (Å²) in [5.74, 6) is 0.0248. The molecule has 0 radical (unpaired) electrons. The lowest BCUT2D eigenvalue weighted by Crippen LogP contribution is -2.39. The number of carbonyl (C=O) groups excluding carboxylic acids is 1. The second kappa shape index (κ2) is 7.01. The minimum absolute atomic E-state index is 0.0248. The summed E-state index contributed by atoms with van der Waals surface area (Å²) in [5.41, 5.74) is 3.94. The first-order valence-electron chi connectivity index (χ1n) is 9.12. The van der Waals surface area contributed by atoms with E-state index in [2.05, 4.69) is 31.9 Å². The Labute approximate surface area is 185 Å². The van der Waals surface area contributed by atoms with Crippen molar-refractivity contribution in [2.75, 3.05) is 0 Å². The van der Waals surface area contributed by atoms with E-state index in [1.807, 2.05) is 84.9 Å². The third-order valence-electron chi connectivity index (χ3n) is 5.35. The number of carbonyl (C=O) groups is 1. The van der Waals surface area contributed by atoms with E-state index in [0.29, 0.717) is 11.1 Å². The maximum absolute atomic E-state index is 13.3. The molecule has 2 aromatic heterocycles. The van der Waals surface area contributed by atoms with Gasteiger partial charge in [0.2, 0.25) is 0 Å². The van der Waals surface area contributed by atoms with Gasteiger partial charge < -0.3 is 0 Å².